The predicted molar refractivity (Wildman–Crippen MR) is 352 cm³/mol. The largest absolute Gasteiger partial charge is 0.466 e. The topological polar surface area (TPSA) is 95.9 Å². The van der Waals surface area contributed by atoms with Gasteiger partial charge < -0.3 is 20.3 Å². The van der Waals surface area contributed by atoms with Gasteiger partial charge in [-0.25, -0.2) is 0 Å². The normalized spacial score (nSPS) is 12.5. The fourth-order valence-corrected chi connectivity index (χ4v) is 11.9. The maximum Gasteiger partial charge on any atom is 0.305 e. The van der Waals surface area contributed by atoms with Crippen molar-refractivity contribution in [3.63, 3.8) is 0 Å². The average Bonchev–Trinajstić information content (AvgIpc) is 3.46. The third kappa shape index (κ3) is 65.7. The first kappa shape index (κ1) is 78.6. The van der Waals surface area contributed by atoms with Crippen molar-refractivity contribution >= 4 is 11.9 Å². The van der Waals surface area contributed by atoms with Crippen molar-refractivity contribution in [1.82, 2.24) is 5.32 Å². The first-order chi connectivity index (χ1) is 39.5. The van der Waals surface area contributed by atoms with Crippen molar-refractivity contribution in [2.75, 3.05) is 13.2 Å². The molecule has 0 aromatic heterocycles. The summed E-state index contributed by atoms with van der Waals surface area (Å²) >= 11 is 0. The quantitative estimate of drug-likeness (QED) is 0.0320. The SMILES string of the molecule is CCCCCCCCCCCCCCCCCCCCCCC/C=C/C(O)C(CO)NC(=O)CCCCCCCCCCCCCCCCCCCCCCCOC(=O)CCCCCCCCCCCCCCCCCCCCC. The van der Waals surface area contributed by atoms with Gasteiger partial charge in [-0.05, 0) is 32.1 Å². The Morgan fingerprint density at radius 3 is 0.850 bits per heavy atom. The third-order valence-electron chi connectivity index (χ3n) is 17.6. The van der Waals surface area contributed by atoms with Gasteiger partial charge in [0.05, 0.1) is 25.4 Å². The zero-order valence-corrected chi connectivity index (χ0v) is 54.6. The molecule has 2 unspecified atom stereocenters. The highest BCUT2D eigenvalue weighted by Crippen LogP contribution is 2.20. The lowest BCUT2D eigenvalue weighted by Gasteiger charge is -2.20. The molecule has 0 rings (SSSR count). The molecule has 0 spiro atoms. The van der Waals surface area contributed by atoms with E-state index in [9.17, 15) is 19.8 Å². The summed E-state index contributed by atoms with van der Waals surface area (Å²) in [5, 5.41) is 23.3. The van der Waals surface area contributed by atoms with Gasteiger partial charge in [-0.2, -0.15) is 0 Å². The maximum absolute atomic E-state index is 12.5. The number of amides is 1. The van der Waals surface area contributed by atoms with Crippen LogP contribution in [0.15, 0.2) is 12.2 Å². The van der Waals surface area contributed by atoms with Crippen LogP contribution in [0.4, 0.5) is 0 Å². The Morgan fingerprint density at radius 1 is 0.338 bits per heavy atom. The van der Waals surface area contributed by atoms with Crippen LogP contribution >= 0.6 is 0 Å². The van der Waals surface area contributed by atoms with E-state index in [0.29, 0.717) is 19.4 Å². The van der Waals surface area contributed by atoms with Crippen molar-refractivity contribution in [2.45, 2.75) is 437 Å². The highest BCUT2D eigenvalue weighted by Gasteiger charge is 2.18. The van der Waals surface area contributed by atoms with E-state index in [1.54, 1.807) is 6.08 Å². The van der Waals surface area contributed by atoms with Crippen molar-refractivity contribution in [3.05, 3.63) is 12.2 Å². The van der Waals surface area contributed by atoms with Crippen molar-refractivity contribution in [1.29, 1.82) is 0 Å². The van der Waals surface area contributed by atoms with E-state index in [1.807, 2.05) is 6.08 Å². The fraction of sp³-hybridized carbons (Fsp3) is 0.946. The van der Waals surface area contributed by atoms with Gasteiger partial charge in [0.15, 0.2) is 0 Å². The third-order valence-corrected chi connectivity index (χ3v) is 17.6. The molecule has 0 aromatic rings. The number of allylic oxidation sites excluding steroid dienone is 1. The molecule has 0 fully saturated rings. The zero-order chi connectivity index (χ0) is 57.8. The first-order valence-electron chi connectivity index (χ1n) is 37.0. The van der Waals surface area contributed by atoms with E-state index >= 15 is 0 Å². The number of aliphatic hydroxyl groups excluding tert-OH is 2. The minimum Gasteiger partial charge on any atom is -0.466 e. The lowest BCUT2D eigenvalue weighted by molar-refractivity contribution is -0.143. The number of esters is 1. The molecule has 0 bridgehead atoms. The van der Waals surface area contributed by atoms with Gasteiger partial charge in [0.2, 0.25) is 5.91 Å². The second kappa shape index (κ2) is 70.1. The van der Waals surface area contributed by atoms with Gasteiger partial charge in [-0.3, -0.25) is 9.59 Å². The monoisotopic (exact) mass is 1130 g/mol. The van der Waals surface area contributed by atoms with Crippen LogP contribution in [-0.2, 0) is 14.3 Å². The van der Waals surface area contributed by atoms with Crippen molar-refractivity contribution < 1.29 is 24.5 Å². The van der Waals surface area contributed by atoms with Crippen LogP contribution in [0, 0.1) is 0 Å². The van der Waals surface area contributed by atoms with Crippen LogP contribution in [0.2, 0.25) is 0 Å². The van der Waals surface area contributed by atoms with Gasteiger partial charge in [0.1, 0.15) is 0 Å². The van der Waals surface area contributed by atoms with Crippen molar-refractivity contribution in [2.24, 2.45) is 0 Å². The molecule has 0 heterocycles. The lowest BCUT2D eigenvalue weighted by Crippen LogP contribution is -2.45. The summed E-state index contributed by atoms with van der Waals surface area (Å²) in [6, 6.07) is -0.629. The molecule has 80 heavy (non-hydrogen) atoms. The molecule has 0 saturated heterocycles. The Labute approximate surface area is 501 Å². The van der Waals surface area contributed by atoms with Crippen LogP contribution in [0.1, 0.15) is 425 Å². The Balaban J connectivity index is 3.38. The summed E-state index contributed by atoms with van der Waals surface area (Å²) in [5.74, 6) is -0.0460. The second-order valence-corrected chi connectivity index (χ2v) is 25.6. The summed E-state index contributed by atoms with van der Waals surface area (Å²) in [6.45, 7) is 4.96. The molecule has 2 atom stereocenters. The predicted octanol–water partition coefficient (Wildman–Crippen LogP) is 23.9. The summed E-state index contributed by atoms with van der Waals surface area (Å²) in [4.78, 5) is 24.7. The van der Waals surface area contributed by atoms with Crippen LogP contribution in [0.25, 0.3) is 0 Å². The minimum absolute atomic E-state index is 0.0176. The summed E-state index contributed by atoms with van der Waals surface area (Å²) < 4.78 is 5.51. The number of rotatable bonds is 70. The zero-order valence-electron chi connectivity index (χ0n) is 54.6. The average molecular weight is 1130 g/mol. The number of ether oxygens (including phenoxy) is 1. The van der Waals surface area contributed by atoms with Crippen LogP contribution in [-0.4, -0.2) is 47.4 Å². The number of unbranched alkanes of at least 4 members (excludes halogenated alkanes) is 59. The molecular formula is C74H145NO5. The molecular weight excluding hydrogens is 983 g/mol. The molecule has 476 valence electrons. The standard InChI is InChI=1S/C74H145NO5/c1-3-5-7-9-11-13-15-17-19-21-23-24-25-27-31-34-38-42-46-50-54-58-62-66-72(77)71(70-76)75-73(78)67-63-59-55-51-47-43-39-35-32-28-26-29-33-37-41-45-49-53-57-61-65-69-80-74(79)68-64-60-56-52-48-44-40-36-30-22-20-18-16-14-12-10-8-6-4-2/h62,66,71-72,76-77H,3-61,63-65,67-70H2,1-2H3,(H,75,78)/b66-62+. The second-order valence-electron chi connectivity index (χ2n) is 25.6. The molecule has 3 N–H and O–H groups in total. The number of aliphatic hydroxyl groups is 2. The molecule has 0 aliphatic rings. The Bertz CT molecular complexity index is 1210. The number of hydrogen-bond acceptors (Lipinski definition) is 5. The number of nitrogens with one attached hydrogen (secondary N) is 1. The lowest BCUT2D eigenvalue weighted by atomic mass is 10.0. The molecule has 0 saturated carbocycles. The van der Waals surface area contributed by atoms with Crippen molar-refractivity contribution in [3.8, 4) is 0 Å². The van der Waals surface area contributed by atoms with Gasteiger partial charge in [-0.15, -0.1) is 0 Å². The summed E-state index contributed by atoms with van der Waals surface area (Å²) in [7, 11) is 0. The van der Waals surface area contributed by atoms with Gasteiger partial charge in [0, 0.05) is 12.8 Å². The number of carbonyl (C=O) groups is 2. The Kier molecular flexibility index (Phi) is 68.9. The van der Waals surface area contributed by atoms with E-state index in [-0.39, 0.29) is 18.5 Å². The van der Waals surface area contributed by atoms with E-state index in [4.69, 9.17) is 4.74 Å². The van der Waals surface area contributed by atoms with E-state index in [2.05, 4.69) is 19.2 Å². The summed E-state index contributed by atoms with van der Waals surface area (Å²) in [5.41, 5.74) is 0. The van der Waals surface area contributed by atoms with E-state index < -0.39 is 12.1 Å². The van der Waals surface area contributed by atoms with Gasteiger partial charge in [0.25, 0.3) is 0 Å². The highest BCUT2D eigenvalue weighted by molar-refractivity contribution is 5.76. The molecule has 0 aliphatic carbocycles. The van der Waals surface area contributed by atoms with Crippen LogP contribution < -0.4 is 5.32 Å². The van der Waals surface area contributed by atoms with Crippen LogP contribution in [0.5, 0.6) is 0 Å². The molecule has 0 radical (unpaired) electrons. The molecule has 1 amide bonds. The Hall–Kier alpha value is -1.40. The van der Waals surface area contributed by atoms with Crippen LogP contribution in [0.3, 0.4) is 0 Å². The minimum atomic E-state index is -0.846. The van der Waals surface area contributed by atoms with E-state index in [0.717, 1.165) is 38.5 Å². The maximum atomic E-state index is 12.5. The molecule has 6 nitrogen and oxygen atoms in total. The van der Waals surface area contributed by atoms with E-state index in [1.165, 1.54) is 360 Å². The first-order valence-corrected chi connectivity index (χ1v) is 37.0. The molecule has 0 aliphatic heterocycles. The summed E-state index contributed by atoms with van der Waals surface area (Å²) in [6.07, 6.45) is 87.3. The fourth-order valence-electron chi connectivity index (χ4n) is 11.9. The molecule has 6 heteroatoms. The number of carbonyl (C=O) groups excluding carboxylic acids is 2. The Morgan fingerprint density at radius 2 is 0.575 bits per heavy atom. The smallest absolute Gasteiger partial charge is 0.305 e. The molecule has 0 aromatic carbocycles. The van der Waals surface area contributed by atoms with Gasteiger partial charge in [-0.1, -0.05) is 392 Å². The highest BCUT2D eigenvalue weighted by atomic mass is 16.5. The number of hydrogen-bond donors (Lipinski definition) is 3. The van der Waals surface area contributed by atoms with Gasteiger partial charge >= 0.3 is 5.97 Å².